The molecule has 1 atom stereocenters. The Hall–Kier alpha value is -1.75. The molecule has 3 rings (SSSR count). The van der Waals surface area contributed by atoms with E-state index in [2.05, 4.69) is 20.4 Å². The molecule has 5 nitrogen and oxygen atoms in total. The number of carbonyl (C=O) groups is 1. The standard InChI is InChI=1S/C13H15ClN4O/c1-8(19)16-10-2-3-18(7-10)13-5-9(14)4-12-11(13)6-15-17-12/h4-6,10H,2-3,7H2,1H3,(H,15,17)(H,16,19). The molecule has 1 aliphatic heterocycles. The van der Waals surface area contributed by atoms with Crippen LogP contribution < -0.4 is 10.2 Å². The van der Waals surface area contributed by atoms with Crippen LogP contribution in [0.2, 0.25) is 5.02 Å². The second-order valence-electron chi connectivity index (χ2n) is 4.89. The Bertz CT molecular complexity index is 624. The summed E-state index contributed by atoms with van der Waals surface area (Å²) in [5.41, 5.74) is 2.01. The van der Waals surface area contributed by atoms with Crippen LogP contribution in [0.25, 0.3) is 10.9 Å². The third-order valence-corrected chi connectivity index (χ3v) is 3.66. The van der Waals surface area contributed by atoms with Crippen LogP contribution in [0, 0.1) is 0 Å². The SMILES string of the molecule is CC(=O)NC1CCN(c2cc(Cl)cc3[nH]ncc23)C1. The van der Waals surface area contributed by atoms with Crippen molar-refractivity contribution in [3.8, 4) is 0 Å². The van der Waals surface area contributed by atoms with Gasteiger partial charge in [0.2, 0.25) is 5.91 Å². The number of benzene rings is 1. The van der Waals surface area contributed by atoms with Crippen molar-refractivity contribution in [1.29, 1.82) is 0 Å². The molecule has 1 fully saturated rings. The molecule has 0 saturated carbocycles. The maximum Gasteiger partial charge on any atom is 0.217 e. The first-order valence-corrected chi connectivity index (χ1v) is 6.66. The number of H-pyrrole nitrogens is 1. The van der Waals surface area contributed by atoms with Crippen LogP contribution in [0.5, 0.6) is 0 Å². The lowest BCUT2D eigenvalue weighted by atomic mass is 10.2. The molecule has 6 heteroatoms. The van der Waals surface area contributed by atoms with Crippen molar-refractivity contribution >= 4 is 34.1 Å². The number of halogens is 1. The molecule has 0 aliphatic carbocycles. The first kappa shape index (κ1) is 12.3. The number of nitrogens with one attached hydrogen (secondary N) is 2. The van der Waals surface area contributed by atoms with Crippen LogP contribution in [0.15, 0.2) is 18.3 Å². The number of hydrogen-bond donors (Lipinski definition) is 2. The summed E-state index contributed by atoms with van der Waals surface area (Å²) < 4.78 is 0. The van der Waals surface area contributed by atoms with Gasteiger partial charge in [0.05, 0.1) is 11.7 Å². The van der Waals surface area contributed by atoms with Gasteiger partial charge in [0.25, 0.3) is 0 Å². The molecular formula is C13H15ClN4O. The molecule has 2 heterocycles. The molecule has 2 aromatic rings. The lowest BCUT2D eigenvalue weighted by Crippen LogP contribution is -2.35. The van der Waals surface area contributed by atoms with E-state index in [0.717, 1.165) is 36.1 Å². The van der Waals surface area contributed by atoms with Crippen LogP contribution in [0.3, 0.4) is 0 Å². The Morgan fingerprint density at radius 2 is 2.42 bits per heavy atom. The van der Waals surface area contributed by atoms with Gasteiger partial charge >= 0.3 is 0 Å². The van der Waals surface area contributed by atoms with Crippen molar-refractivity contribution in [2.45, 2.75) is 19.4 Å². The minimum absolute atomic E-state index is 0.0198. The zero-order valence-electron chi connectivity index (χ0n) is 10.6. The van der Waals surface area contributed by atoms with Crippen molar-refractivity contribution in [1.82, 2.24) is 15.5 Å². The van der Waals surface area contributed by atoms with Crippen molar-refractivity contribution in [2.24, 2.45) is 0 Å². The largest absolute Gasteiger partial charge is 0.369 e. The molecule has 0 bridgehead atoms. The van der Waals surface area contributed by atoms with Crippen LogP contribution in [0.4, 0.5) is 5.69 Å². The first-order chi connectivity index (χ1) is 9.13. The molecule has 1 unspecified atom stereocenters. The summed E-state index contributed by atoms with van der Waals surface area (Å²) in [6.07, 6.45) is 2.76. The maximum atomic E-state index is 11.1. The first-order valence-electron chi connectivity index (χ1n) is 6.28. The number of amides is 1. The van der Waals surface area contributed by atoms with Gasteiger partial charge in [0.1, 0.15) is 0 Å². The smallest absolute Gasteiger partial charge is 0.217 e. The highest BCUT2D eigenvalue weighted by atomic mass is 35.5. The van der Waals surface area contributed by atoms with E-state index in [1.807, 2.05) is 18.3 Å². The van der Waals surface area contributed by atoms with E-state index in [9.17, 15) is 4.79 Å². The lowest BCUT2D eigenvalue weighted by Gasteiger charge is -2.20. The van der Waals surface area contributed by atoms with E-state index in [4.69, 9.17) is 11.6 Å². The number of fused-ring (bicyclic) bond motifs is 1. The Labute approximate surface area is 115 Å². The molecule has 19 heavy (non-hydrogen) atoms. The quantitative estimate of drug-likeness (QED) is 0.882. The third-order valence-electron chi connectivity index (χ3n) is 3.44. The molecular weight excluding hydrogens is 264 g/mol. The fourth-order valence-electron chi connectivity index (χ4n) is 2.64. The molecule has 1 aromatic heterocycles. The van der Waals surface area contributed by atoms with Crippen molar-refractivity contribution in [3.05, 3.63) is 23.4 Å². The summed E-state index contributed by atoms with van der Waals surface area (Å²) >= 11 is 6.14. The zero-order chi connectivity index (χ0) is 13.4. The Balaban J connectivity index is 1.89. The van der Waals surface area contributed by atoms with Crippen LogP contribution in [0.1, 0.15) is 13.3 Å². The summed E-state index contributed by atoms with van der Waals surface area (Å²) in [7, 11) is 0. The van der Waals surface area contributed by atoms with Gasteiger partial charge in [0.15, 0.2) is 0 Å². The molecule has 2 N–H and O–H groups in total. The summed E-state index contributed by atoms with van der Waals surface area (Å²) in [4.78, 5) is 13.3. The molecule has 1 amide bonds. The van der Waals surface area contributed by atoms with Gasteiger partial charge in [-0.3, -0.25) is 9.89 Å². The van der Waals surface area contributed by atoms with Crippen LogP contribution in [-0.4, -0.2) is 35.2 Å². The van der Waals surface area contributed by atoms with Gasteiger partial charge < -0.3 is 10.2 Å². The highest BCUT2D eigenvalue weighted by Crippen LogP contribution is 2.31. The summed E-state index contributed by atoms with van der Waals surface area (Å²) in [5, 5.41) is 11.7. The van der Waals surface area contributed by atoms with Crippen molar-refractivity contribution in [3.63, 3.8) is 0 Å². The lowest BCUT2D eigenvalue weighted by molar-refractivity contribution is -0.119. The van der Waals surface area contributed by atoms with Gasteiger partial charge in [-0.2, -0.15) is 5.10 Å². The number of rotatable bonds is 2. The highest BCUT2D eigenvalue weighted by molar-refractivity contribution is 6.31. The summed E-state index contributed by atoms with van der Waals surface area (Å²) in [5.74, 6) is 0.0198. The number of aromatic amines is 1. The zero-order valence-corrected chi connectivity index (χ0v) is 11.4. The van der Waals surface area contributed by atoms with Gasteiger partial charge in [-0.05, 0) is 18.6 Å². The second kappa shape index (κ2) is 4.74. The normalized spacial score (nSPS) is 19.1. The minimum Gasteiger partial charge on any atom is -0.369 e. The molecule has 100 valence electrons. The molecule has 0 spiro atoms. The van der Waals surface area contributed by atoms with Crippen molar-refractivity contribution in [2.75, 3.05) is 18.0 Å². The highest BCUT2D eigenvalue weighted by Gasteiger charge is 2.24. The number of aromatic nitrogens is 2. The predicted octanol–water partition coefficient (Wildman–Crippen LogP) is 1.93. The van der Waals surface area contributed by atoms with Crippen LogP contribution in [-0.2, 0) is 4.79 Å². The third kappa shape index (κ3) is 2.38. The number of carbonyl (C=O) groups excluding carboxylic acids is 1. The van der Waals surface area contributed by atoms with Gasteiger partial charge in [-0.1, -0.05) is 11.6 Å². The Morgan fingerprint density at radius 1 is 1.58 bits per heavy atom. The fraction of sp³-hybridized carbons (Fsp3) is 0.385. The Morgan fingerprint density at radius 3 is 3.21 bits per heavy atom. The maximum absolute atomic E-state index is 11.1. The predicted molar refractivity (Wildman–Crippen MR) is 75.5 cm³/mol. The number of hydrogen-bond acceptors (Lipinski definition) is 3. The molecule has 1 saturated heterocycles. The molecule has 1 aromatic carbocycles. The van der Waals surface area contributed by atoms with E-state index in [-0.39, 0.29) is 11.9 Å². The second-order valence-corrected chi connectivity index (χ2v) is 5.32. The average Bonchev–Trinajstić information content (AvgIpc) is 2.95. The van der Waals surface area contributed by atoms with E-state index < -0.39 is 0 Å². The summed E-state index contributed by atoms with van der Waals surface area (Å²) in [6.45, 7) is 3.27. The van der Waals surface area contributed by atoms with E-state index in [0.29, 0.717) is 5.02 Å². The van der Waals surface area contributed by atoms with Gasteiger partial charge in [-0.15, -0.1) is 0 Å². The van der Waals surface area contributed by atoms with E-state index >= 15 is 0 Å². The topological polar surface area (TPSA) is 61.0 Å². The Kier molecular flexibility index (Phi) is 3.06. The number of anilines is 1. The molecule has 1 aliphatic rings. The fourth-order valence-corrected chi connectivity index (χ4v) is 2.86. The number of nitrogens with zero attached hydrogens (tertiary/aromatic N) is 2. The van der Waals surface area contributed by atoms with Crippen molar-refractivity contribution < 1.29 is 4.79 Å². The van der Waals surface area contributed by atoms with E-state index in [1.54, 1.807) is 6.92 Å². The van der Waals surface area contributed by atoms with Crippen LogP contribution >= 0.6 is 11.6 Å². The van der Waals surface area contributed by atoms with Gasteiger partial charge in [0, 0.05) is 42.2 Å². The van der Waals surface area contributed by atoms with Gasteiger partial charge in [-0.25, -0.2) is 0 Å². The monoisotopic (exact) mass is 278 g/mol. The van der Waals surface area contributed by atoms with E-state index in [1.165, 1.54) is 0 Å². The minimum atomic E-state index is 0.0198. The molecule has 0 radical (unpaired) electrons. The average molecular weight is 279 g/mol. The summed E-state index contributed by atoms with van der Waals surface area (Å²) in [6, 6.07) is 4.03.